The zero-order chi connectivity index (χ0) is 22.5. The molecule has 0 N–H and O–H groups in total. The van der Waals surface area contributed by atoms with E-state index in [1.807, 2.05) is 0 Å². The Morgan fingerprint density at radius 3 is 2.00 bits per heavy atom. The van der Waals surface area contributed by atoms with Gasteiger partial charge in [0.25, 0.3) is 0 Å². The lowest BCUT2D eigenvalue weighted by molar-refractivity contribution is -0.671. The largest absolute Gasteiger partial charge is 0.726 e. The summed E-state index contributed by atoms with van der Waals surface area (Å²) in [5, 5.41) is 0. The monoisotopic (exact) mass is 436 g/mol. The molecule has 0 radical (unpaired) electrons. The van der Waals surface area contributed by atoms with Gasteiger partial charge >= 0.3 is 17.5 Å². The molecular weight excluding hydrogens is 404 g/mol. The molecule has 0 amide bonds. The van der Waals surface area contributed by atoms with E-state index in [0.717, 1.165) is 12.8 Å². The summed E-state index contributed by atoms with van der Waals surface area (Å²) in [6.45, 7) is 3.61. The lowest BCUT2D eigenvalue weighted by Gasteiger charge is -2.19. The van der Waals surface area contributed by atoms with Crippen molar-refractivity contribution in [1.82, 2.24) is 4.57 Å². The second-order valence-electron chi connectivity index (χ2n) is 6.54. The van der Waals surface area contributed by atoms with E-state index in [2.05, 4.69) is 20.6 Å². The van der Waals surface area contributed by atoms with Gasteiger partial charge in [-0.2, -0.15) is 0 Å². The number of methoxy groups -OCH3 is 2. The molecule has 10 nitrogen and oxygen atoms in total. The Balaban J connectivity index is 0.000000555. The van der Waals surface area contributed by atoms with E-state index in [-0.39, 0.29) is 6.61 Å². The summed E-state index contributed by atoms with van der Waals surface area (Å²) in [5.74, 6) is -1.34. The van der Waals surface area contributed by atoms with Crippen LogP contribution in [0.1, 0.15) is 52.4 Å². The second-order valence-corrected chi connectivity index (χ2v) is 7.59. The number of rotatable bonds is 11. The molecule has 0 spiro atoms. The molecule has 0 aliphatic rings. The van der Waals surface area contributed by atoms with Crippen molar-refractivity contribution in [3.05, 3.63) is 18.7 Å². The number of hydrogen-bond acceptors (Lipinski definition) is 8. The topological polar surface area (TPSA) is 128 Å². The van der Waals surface area contributed by atoms with Gasteiger partial charge in [0.1, 0.15) is 12.4 Å². The Morgan fingerprint density at radius 2 is 1.59 bits per heavy atom. The van der Waals surface area contributed by atoms with Crippen LogP contribution in [0.4, 0.5) is 0 Å². The van der Waals surface area contributed by atoms with Gasteiger partial charge in [-0.15, -0.1) is 0 Å². The summed E-state index contributed by atoms with van der Waals surface area (Å²) in [6, 6.07) is 0. The first kappa shape index (κ1) is 27.0. The van der Waals surface area contributed by atoms with Crippen molar-refractivity contribution in [3.63, 3.8) is 0 Å². The fraction of sp³-hybridized carbons (Fsp3) is 0.722. The number of imidazole rings is 1. The van der Waals surface area contributed by atoms with Crippen LogP contribution >= 0.6 is 0 Å². The van der Waals surface area contributed by atoms with Gasteiger partial charge in [-0.05, 0) is 6.42 Å². The molecule has 11 heteroatoms. The molecule has 0 atom stereocenters. The molecule has 0 fully saturated rings. The van der Waals surface area contributed by atoms with Gasteiger partial charge < -0.3 is 14.0 Å². The summed E-state index contributed by atoms with van der Waals surface area (Å²) in [4.78, 5) is 23.4. The van der Waals surface area contributed by atoms with Gasteiger partial charge in [-0.3, -0.25) is 4.18 Å². The molecule has 0 aliphatic carbocycles. The normalized spacial score (nSPS) is 11.4. The van der Waals surface area contributed by atoms with E-state index in [4.69, 9.17) is 0 Å². The number of esters is 2. The van der Waals surface area contributed by atoms with Crippen LogP contribution in [-0.2, 0) is 46.2 Å². The van der Waals surface area contributed by atoms with E-state index in [1.165, 1.54) is 45.0 Å². The fourth-order valence-corrected chi connectivity index (χ4v) is 2.77. The van der Waals surface area contributed by atoms with Crippen LogP contribution in [0.3, 0.4) is 0 Å². The number of ether oxygens (including phenoxy) is 2. The molecule has 1 aromatic rings. The number of aromatic nitrogens is 2. The average molecular weight is 437 g/mol. The smallest absolute Gasteiger partial charge is 0.366 e. The van der Waals surface area contributed by atoms with E-state index in [0.29, 0.717) is 6.42 Å². The van der Waals surface area contributed by atoms with Gasteiger partial charge in [0, 0.05) is 6.92 Å². The first-order chi connectivity index (χ1) is 13.5. The molecule has 0 saturated heterocycles. The number of unbranched alkanes of at least 4 members (excludes halogenated alkanes) is 5. The van der Waals surface area contributed by atoms with Crippen LogP contribution in [0.2, 0.25) is 0 Å². The molecule has 0 unspecified atom stereocenters. The number of hydrogen-bond donors (Lipinski definition) is 0. The standard InChI is InChI=1S/C10H15N2O4.C8H18O4S/c1-10(8(13)15-3,9(14)16-4)12-6-5-11(2)7-12;1-2-3-4-5-6-7-8-12-13(9,10)11/h5-7H,1-4H3;2-8H2,1H3,(H,9,10,11)/q+1;/p-1. The Labute approximate surface area is 172 Å². The molecule has 1 aromatic heterocycles. The minimum Gasteiger partial charge on any atom is -0.726 e. The molecule has 0 saturated carbocycles. The summed E-state index contributed by atoms with van der Waals surface area (Å²) in [5.41, 5.74) is -1.50. The quantitative estimate of drug-likeness (QED) is 0.126. The maximum absolute atomic E-state index is 11.7. The van der Waals surface area contributed by atoms with Crippen molar-refractivity contribution in [2.45, 2.75) is 57.9 Å². The number of carbonyl (C=O) groups excluding carboxylic acids is 2. The van der Waals surface area contributed by atoms with Crippen LogP contribution in [0.5, 0.6) is 0 Å². The van der Waals surface area contributed by atoms with Gasteiger partial charge in [0.15, 0.2) is 0 Å². The molecular formula is C18H32N2O8S. The van der Waals surface area contributed by atoms with Gasteiger partial charge in [-0.1, -0.05) is 39.0 Å². The van der Waals surface area contributed by atoms with Crippen molar-refractivity contribution in [2.24, 2.45) is 7.05 Å². The third kappa shape index (κ3) is 9.86. The van der Waals surface area contributed by atoms with Crippen molar-refractivity contribution in [3.8, 4) is 0 Å². The van der Waals surface area contributed by atoms with E-state index in [9.17, 15) is 22.6 Å². The van der Waals surface area contributed by atoms with Gasteiger partial charge in [0.2, 0.25) is 16.7 Å². The lowest BCUT2D eigenvalue weighted by atomic mass is 10.0. The average Bonchev–Trinajstić information content (AvgIpc) is 3.11. The summed E-state index contributed by atoms with van der Waals surface area (Å²) >= 11 is 0. The van der Waals surface area contributed by atoms with Crippen LogP contribution in [0.25, 0.3) is 0 Å². The zero-order valence-electron chi connectivity index (χ0n) is 17.8. The first-order valence-electron chi connectivity index (χ1n) is 9.33. The Morgan fingerprint density at radius 1 is 1.07 bits per heavy atom. The molecule has 1 rings (SSSR count). The van der Waals surface area contributed by atoms with Gasteiger partial charge in [0.05, 0.1) is 27.9 Å². The third-order valence-corrected chi connectivity index (χ3v) is 4.63. The van der Waals surface area contributed by atoms with Crippen LogP contribution < -0.4 is 4.57 Å². The number of aryl methyl sites for hydroxylation is 1. The number of carbonyl (C=O) groups is 2. The summed E-state index contributed by atoms with van der Waals surface area (Å²) in [6.07, 6.45) is 11.1. The highest BCUT2D eigenvalue weighted by Crippen LogP contribution is 2.19. The molecule has 0 aliphatic heterocycles. The summed E-state index contributed by atoms with van der Waals surface area (Å²) < 4.78 is 46.4. The van der Waals surface area contributed by atoms with Crippen LogP contribution in [-0.4, -0.2) is 50.3 Å². The Hall–Kier alpha value is -1.98. The van der Waals surface area contributed by atoms with Crippen molar-refractivity contribution in [1.29, 1.82) is 0 Å². The lowest BCUT2D eigenvalue weighted by Crippen LogP contribution is -2.48. The van der Waals surface area contributed by atoms with Gasteiger partial charge in [-0.25, -0.2) is 27.1 Å². The zero-order valence-corrected chi connectivity index (χ0v) is 18.6. The minimum atomic E-state index is -4.47. The van der Waals surface area contributed by atoms with Crippen LogP contribution in [0.15, 0.2) is 18.7 Å². The highest BCUT2D eigenvalue weighted by atomic mass is 32.3. The molecule has 0 bridgehead atoms. The van der Waals surface area contributed by atoms with E-state index < -0.39 is 27.9 Å². The maximum Gasteiger partial charge on any atom is 0.366 e. The second kappa shape index (κ2) is 13.3. The van der Waals surface area contributed by atoms with E-state index in [1.54, 1.807) is 30.3 Å². The number of nitrogens with zero attached hydrogens (tertiary/aromatic N) is 2. The Kier molecular flexibility index (Phi) is 12.4. The fourth-order valence-electron chi connectivity index (χ4n) is 2.45. The SMILES string of the molecule is CCCCCCCCOS(=O)(=O)[O-].COC(=O)C(C)(C(=O)OC)n1cc[n+](C)c1. The predicted molar refractivity (Wildman–Crippen MR) is 102 cm³/mol. The predicted octanol–water partition coefficient (Wildman–Crippen LogP) is 1.20. The minimum absolute atomic E-state index is 0.0258. The Bertz CT molecular complexity index is 714. The molecule has 0 aromatic carbocycles. The first-order valence-corrected chi connectivity index (χ1v) is 10.7. The highest BCUT2D eigenvalue weighted by molar-refractivity contribution is 7.80. The summed E-state index contributed by atoms with van der Waals surface area (Å²) in [7, 11) is -0.230. The van der Waals surface area contributed by atoms with Crippen molar-refractivity contribution < 1.29 is 40.8 Å². The van der Waals surface area contributed by atoms with E-state index >= 15 is 0 Å². The third-order valence-electron chi connectivity index (χ3n) is 4.18. The maximum atomic E-state index is 11.7. The van der Waals surface area contributed by atoms with Crippen molar-refractivity contribution >= 4 is 22.3 Å². The van der Waals surface area contributed by atoms with Crippen LogP contribution in [0, 0.1) is 0 Å². The molecule has 29 heavy (non-hydrogen) atoms. The highest BCUT2D eigenvalue weighted by Gasteiger charge is 2.50. The molecule has 1 heterocycles. The molecule has 168 valence electrons. The van der Waals surface area contributed by atoms with Crippen molar-refractivity contribution in [2.75, 3.05) is 20.8 Å².